The average Bonchev–Trinajstić information content (AvgIpc) is 2.02. The third-order valence-electron chi connectivity index (χ3n) is 1.57. The van der Waals surface area contributed by atoms with Crippen LogP contribution in [0.25, 0.3) is 0 Å². The van der Waals surface area contributed by atoms with Crippen LogP contribution in [0.1, 0.15) is 12.5 Å². The molecule has 1 aromatic rings. The summed E-state index contributed by atoms with van der Waals surface area (Å²) >= 11 is 0. The van der Waals surface area contributed by atoms with Gasteiger partial charge in [0.05, 0.1) is 4.90 Å². The molecule has 0 saturated carbocycles. The maximum atomic E-state index is 11.4. The Morgan fingerprint density at radius 3 is 2.21 bits per heavy atom. The summed E-state index contributed by atoms with van der Waals surface area (Å²) in [5, 5.41) is 10.6. The SMILES string of the molecule is CC([O-])=NS(=O)(=O)c1ccc(C)cc1. The average molecular weight is 212 g/mol. The number of benzene rings is 1. The first-order chi connectivity index (χ1) is 6.42. The lowest BCUT2D eigenvalue weighted by molar-refractivity contribution is -0.215. The molecule has 0 aliphatic carbocycles. The molecule has 76 valence electrons. The molecule has 1 aromatic carbocycles. The molecule has 0 bridgehead atoms. The molecule has 0 radical (unpaired) electrons. The second-order valence-corrected chi connectivity index (χ2v) is 4.50. The molecule has 1 rings (SSSR count). The van der Waals surface area contributed by atoms with Gasteiger partial charge >= 0.3 is 0 Å². The lowest BCUT2D eigenvalue weighted by Gasteiger charge is -2.04. The summed E-state index contributed by atoms with van der Waals surface area (Å²) in [7, 11) is -3.80. The number of rotatable bonds is 2. The molecule has 0 aliphatic rings. The Morgan fingerprint density at radius 2 is 1.79 bits per heavy atom. The maximum Gasteiger partial charge on any atom is 0.281 e. The third-order valence-corrected chi connectivity index (χ3v) is 2.93. The summed E-state index contributed by atoms with van der Waals surface area (Å²) in [6.07, 6.45) is 0. The van der Waals surface area contributed by atoms with Crippen LogP contribution < -0.4 is 5.11 Å². The minimum absolute atomic E-state index is 0.0401. The molecule has 0 unspecified atom stereocenters. The van der Waals surface area contributed by atoms with Gasteiger partial charge in [-0.15, -0.1) is 0 Å². The van der Waals surface area contributed by atoms with E-state index < -0.39 is 15.9 Å². The van der Waals surface area contributed by atoms with Gasteiger partial charge < -0.3 is 5.11 Å². The molecule has 0 aromatic heterocycles. The molecule has 0 N–H and O–H groups in total. The maximum absolute atomic E-state index is 11.4. The van der Waals surface area contributed by atoms with Crippen LogP contribution in [0.3, 0.4) is 0 Å². The highest BCUT2D eigenvalue weighted by molar-refractivity contribution is 7.90. The van der Waals surface area contributed by atoms with Gasteiger partial charge in [0.1, 0.15) is 0 Å². The Hall–Kier alpha value is -1.36. The first-order valence-corrected chi connectivity index (χ1v) is 5.41. The van der Waals surface area contributed by atoms with Gasteiger partial charge in [0.15, 0.2) is 0 Å². The van der Waals surface area contributed by atoms with E-state index in [9.17, 15) is 13.5 Å². The fraction of sp³-hybridized carbons (Fsp3) is 0.222. The molecule has 14 heavy (non-hydrogen) atoms. The van der Waals surface area contributed by atoms with Crippen molar-refractivity contribution in [3.63, 3.8) is 0 Å². The van der Waals surface area contributed by atoms with Crippen LogP contribution in [-0.4, -0.2) is 14.3 Å². The van der Waals surface area contributed by atoms with Crippen LogP contribution in [0.5, 0.6) is 0 Å². The Labute approximate surface area is 83.0 Å². The van der Waals surface area contributed by atoms with Crippen LogP contribution in [-0.2, 0) is 10.0 Å². The van der Waals surface area contributed by atoms with Gasteiger partial charge in [-0.05, 0) is 31.9 Å². The van der Waals surface area contributed by atoms with E-state index in [2.05, 4.69) is 4.40 Å². The van der Waals surface area contributed by atoms with Crippen molar-refractivity contribution >= 4 is 15.9 Å². The van der Waals surface area contributed by atoms with Crippen molar-refractivity contribution in [1.82, 2.24) is 0 Å². The van der Waals surface area contributed by atoms with Crippen LogP contribution in [0.2, 0.25) is 0 Å². The van der Waals surface area contributed by atoms with Crippen LogP contribution in [0, 0.1) is 6.92 Å². The Kier molecular flexibility index (Phi) is 2.90. The van der Waals surface area contributed by atoms with Crippen molar-refractivity contribution in [3.8, 4) is 0 Å². The molecule has 0 atom stereocenters. The van der Waals surface area contributed by atoms with Crippen LogP contribution in [0.15, 0.2) is 33.6 Å². The van der Waals surface area contributed by atoms with E-state index in [1.54, 1.807) is 12.1 Å². The number of nitrogens with zero attached hydrogens (tertiary/aromatic N) is 1. The highest BCUT2D eigenvalue weighted by Gasteiger charge is 2.10. The van der Waals surface area contributed by atoms with E-state index in [4.69, 9.17) is 0 Å². The van der Waals surface area contributed by atoms with Crippen molar-refractivity contribution in [2.75, 3.05) is 0 Å². The number of hydrogen-bond acceptors (Lipinski definition) is 3. The summed E-state index contributed by atoms with van der Waals surface area (Å²) in [5.74, 6) is -0.717. The first kappa shape index (κ1) is 10.7. The van der Waals surface area contributed by atoms with Crippen molar-refractivity contribution in [2.24, 2.45) is 4.40 Å². The zero-order valence-electron chi connectivity index (χ0n) is 7.89. The van der Waals surface area contributed by atoms with Crippen LogP contribution in [0.4, 0.5) is 0 Å². The molecule has 0 spiro atoms. The molecule has 0 amide bonds. The highest BCUT2D eigenvalue weighted by atomic mass is 32.2. The highest BCUT2D eigenvalue weighted by Crippen LogP contribution is 2.12. The fourth-order valence-electron chi connectivity index (χ4n) is 0.932. The van der Waals surface area contributed by atoms with Gasteiger partial charge in [-0.1, -0.05) is 17.7 Å². The van der Waals surface area contributed by atoms with E-state index in [-0.39, 0.29) is 4.90 Å². The molecule has 0 aliphatic heterocycles. The standard InChI is InChI=1S/C9H11NO3S/c1-7-3-5-9(6-4-7)14(12,13)10-8(2)11/h3-6H,1-2H3,(H,10,11)/p-1. The number of sulfonamides is 1. The van der Waals surface area contributed by atoms with E-state index >= 15 is 0 Å². The number of hydrogen-bond donors (Lipinski definition) is 0. The molecular formula is C9H10NO3S-. The Balaban J connectivity index is 3.18. The van der Waals surface area contributed by atoms with E-state index in [1.807, 2.05) is 6.92 Å². The van der Waals surface area contributed by atoms with Gasteiger partial charge in [-0.25, -0.2) is 0 Å². The summed E-state index contributed by atoms with van der Waals surface area (Å²) < 4.78 is 25.8. The van der Waals surface area contributed by atoms with Gasteiger partial charge in [0, 0.05) is 0 Å². The van der Waals surface area contributed by atoms with E-state index in [1.165, 1.54) is 12.1 Å². The largest absolute Gasteiger partial charge is 0.861 e. The Bertz CT molecular complexity index is 441. The quantitative estimate of drug-likeness (QED) is 0.528. The normalized spacial score (nSPS) is 12.9. The molecular weight excluding hydrogens is 202 g/mol. The summed E-state index contributed by atoms with van der Waals surface area (Å²) in [4.78, 5) is 0.0401. The molecule has 4 nitrogen and oxygen atoms in total. The number of aryl methyl sites for hydroxylation is 1. The summed E-state index contributed by atoms with van der Waals surface area (Å²) in [6.45, 7) is 2.95. The van der Waals surface area contributed by atoms with Crippen molar-refractivity contribution < 1.29 is 13.5 Å². The van der Waals surface area contributed by atoms with Crippen LogP contribution >= 0.6 is 0 Å². The minimum Gasteiger partial charge on any atom is -0.861 e. The van der Waals surface area contributed by atoms with Gasteiger partial charge in [0.2, 0.25) is 0 Å². The minimum atomic E-state index is -3.80. The predicted octanol–water partition coefficient (Wildman–Crippen LogP) is 0.462. The second-order valence-electron chi connectivity index (χ2n) is 2.90. The lowest BCUT2D eigenvalue weighted by atomic mass is 10.2. The van der Waals surface area contributed by atoms with Crippen molar-refractivity contribution in [3.05, 3.63) is 29.8 Å². The Morgan fingerprint density at radius 1 is 1.29 bits per heavy atom. The van der Waals surface area contributed by atoms with Gasteiger partial charge in [0.25, 0.3) is 10.0 Å². The monoisotopic (exact) mass is 212 g/mol. The molecule has 5 heteroatoms. The fourth-order valence-corrected chi connectivity index (χ4v) is 1.86. The topological polar surface area (TPSA) is 69.6 Å². The third kappa shape index (κ3) is 2.56. The van der Waals surface area contributed by atoms with Crippen molar-refractivity contribution in [1.29, 1.82) is 0 Å². The second kappa shape index (κ2) is 3.79. The molecule has 0 saturated heterocycles. The molecule has 0 fully saturated rings. The van der Waals surface area contributed by atoms with Crippen molar-refractivity contribution in [2.45, 2.75) is 18.7 Å². The van der Waals surface area contributed by atoms with Gasteiger partial charge in [-0.3, -0.25) is 0 Å². The zero-order chi connectivity index (χ0) is 10.8. The lowest BCUT2D eigenvalue weighted by Crippen LogP contribution is -2.14. The van der Waals surface area contributed by atoms with E-state index in [0.717, 1.165) is 12.5 Å². The summed E-state index contributed by atoms with van der Waals surface area (Å²) in [5.41, 5.74) is 0.951. The summed E-state index contributed by atoms with van der Waals surface area (Å²) in [6, 6.07) is 6.17. The first-order valence-electron chi connectivity index (χ1n) is 3.97. The predicted molar refractivity (Wildman–Crippen MR) is 51.5 cm³/mol. The smallest absolute Gasteiger partial charge is 0.281 e. The molecule has 0 heterocycles. The zero-order valence-corrected chi connectivity index (χ0v) is 8.71. The van der Waals surface area contributed by atoms with Gasteiger partial charge in [-0.2, -0.15) is 12.8 Å². The van der Waals surface area contributed by atoms with E-state index in [0.29, 0.717) is 0 Å².